The molecule has 0 saturated heterocycles. The zero-order valence-corrected chi connectivity index (χ0v) is 16.9. The third kappa shape index (κ3) is 3.65. The maximum atomic E-state index is 5.78. The lowest BCUT2D eigenvalue weighted by atomic mass is 9.98. The Labute approximate surface area is 160 Å². The number of aromatic nitrogens is 1. The van der Waals surface area contributed by atoms with Gasteiger partial charge in [0, 0.05) is 36.1 Å². The molecule has 0 aliphatic carbocycles. The van der Waals surface area contributed by atoms with Crippen LogP contribution >= 0.6 is 12.2 Å². The van der Waals surface area contributed by atoms with Gasteiger partial charge >= 0.3 is 0 Å². The lowest BCUT2D eigenvalue weighted by molar-refractivity contribution is 0.271. The Kier molecular flexibility index (Phi) is 5.14. The number of methoxy groups -OCH3 is 2. The van der Waals surface area contributed by atoms with Crippen LogP contribution in [0.4, 0.5) is 0 Å². The van der Waals surface area contributed by atoms with E-state index in [0.29, 0.717) is 0 Å². The van der Waals surface area contributed by atoms with Crippen molar-refractivity contribution >= 4 is 17.3 Å². The van der Waals surface area contributed by atoms with Crippen LogP contribution in [0.5, 0.6) is 11.5 Å². The second-order valence-electron chi connectivity index (χ2n) is 7.51. The van der Waals surface area contributed by atoms with E-state index in [1.807, 2.05) is 18.2 Å². The standard InChI is InChI=1S/C20H27N3O2S/c1-20(2,3)21-19(26)23-12-11-22-10-6-7-16(22)18(23)15-13-14(24-4)8-9-17(15)25-5/h6-10,13,18H,11-12H2,1-5H3,(H,21,26)/t18-/m1/s1. The Morgan fingerprint density at radius 2 is 1.92 bits per heavy atom. The number of fused-ring (bicyclic) bond motifs is 1. The van der Waals surface area contributed by atoms with Gasteiger partial charge in [0.1, 0.15) is 17.5 Å². The minimum Gasteiger partial charge on any atom is -0.497 e. The molecule has 2 heterocycles. The van der Waals surface area contributed by atoms with E-state index < -0.39 is 0 Å². The first-order valence-electron chi connectivity index (χ1n) is 8.80. The van der Waals surface area contributed by atoms with Gasteiger partial charge in [-0.05, 0) is 63.3 Å². The Morgan fingerprint density at radius 3 is 2.58 bits per heavy atom. The second-order valence-corrected chi connectivity index (χ2v) is 7.90. The molecule has 3 rings (SSSR count). The number of hydrogen-bond donors (Lipinski definition) is 1. The summed E-state index contributed by atoms with van der Waals surface area (Å²) < 4.78 is 13.4. The summed E-state index contributed by atoms with van der Waals surface area (Å²) in [6.07, 6.45) is 2.12. The first-order chi connectivity index (χ1) is 12.3. The van der Waals surface area contributed by atoms with Crippen LogP contribution in [0, 0.1) is 0 Å². The summed E-state index contributed by atoms with van der Waals surface area (Å²) in [4.78, 5) is 2.24. The van der Waals surface area contributed by atoms with Gasteiger partial charge in [-0.15, -0.1) is 0 Å². The van der Waals surface area contributed by atoms with E-state index >= 15 is 0 Å². The van der Waals surface area contributed by atoms with Crippen LogP contribution in [0.25, 0.3) is 0 Å². The summed E-state index contributed by atoms with van der Waals surface area (Å²) in [5, 5.41) is 4.20. The predicted octanol–water partition coefficient (Wildman–Crippen LogP) is 3.58. The van der Waals surface area contributed by atoms with Gasteiger partial charge < -0.3 is 24.3 Å². The van der Waals surface area contributed by atoms with E-state index in [1.165, 1.54) is 5.69 Å². The van der Waals surface area contributed by atoms with E-state index in [-0.39, 0.29) is 11.6 Å². The van der Waals surface area contributed by atoms with Crippen molar-refractivity contribution in [2.45, 2.75) is 38.9 Å². The molecule has 0 spiro atoms. The van der Waals surface area contributed by atoms with Crippen molar-refractivity contribution in [1.82, 2.24) is 14.8 Å². The first kappa shape index (κ1) is 18.6. The van der Waals surface area contributed by atoms with Gasteiger partial charge in [-0.3, -0.25) is 0 Å². The molecule has 5 nitrogen and oxygen atoms in total. The SMILES string of the molecule is COc1ccc(OC)c([C@@H]2c3cccn3CCN2C(=S)NC(C)(C)C)c1. The van der Waals surface area contributed by atoms with Crippen LogP contribution < -0.4 is 14.8 Å². The molecule has 0 fully saturated rings. The molecule has 6 heteroatoms. The third-order valence-electron chi connectivity index (χ3n) is 4.51. The van der Waals surface area contributed by atoms with Crippen LogP contribution in [0.3, 0.4) is 0 Å². The smallest absolute Gasteiger partial charge is 0.170 e. The summed E-state index contributed by atoms with van der Waals surface area (Å²) in [6.45, 7) is 8.08. The van der Waals surface area contributed by atoms with Crippen LogP contribution in [-0.2, 0) is 6.54 Å². The third-order valence-corrected chi connectivity index (χ3v) is 4.85. The fraction of sp³-hybridized carbons (Fsp3) is 0.450. The maximum absolute atomic E-state index is 5.78. The van der Waals surface area contributed by atoms with Crippen molar-refractivity contribution in [3.05, 3.63) is 47.8 Å². The van der Waals surface area contributed by atoms with E-state index in [4.69, 9.17) is 21.7 Å². The number of nitrogens with zero attached hydrogens (tertiary/aromatic N) is 2. The van der Waals surface area contributed by atoms with Gasteiger partial charge in [0.2, 0.25) is 0 Å². The van der Waals surface area contributed by atoms with Crippen LogP contribution in [0.15, 0.2) is 36.5 Å². The lowest BCUT2D eigenvalue weighted by Gasteiger charge is -2.41. The van der Waals surface area contributed by atoms with Gasteiger partial charge in [0.25, 0.3) is 0 Å². The van der Waals surface area contributed by atoms with E-state index in [0.717, 1.165) is 35.3 Å². The predicted molar refractivity (Wildman–Crippen MR) is 108 cm³/mol. The zero-order valence-electron chi connectivity index (χ0n) is 16.1. The fourth-order valence-electron chi connectivity index (χ4n) is 3.38. The minimum absolute atomic E-state index is 0.0360. The summed E-state index contributed by atoms with van der Waals surface area (Å²) in [5.41, 5.74) is 2.14. The molecule has 1 aliphatic rings. The van der Waals surface area contributed by atoms with E-state index in [2.05, 4.69) is 53.9 Å². The molecule has 1 aromatic carbocycles. The molecule has 140 valence electrons. The first-order valence-corrected chi connectivity index (χ1v) is 9.20. The molecule has 0 radical (unpaired) electrons. The van der Waals surface area contributed by atoms with Gasteiger partial charge in [0.05, 0.1) is 14.2 Å². The van der Waals surface area contributed by atoms with Crippen molar-refractivity contribution in [2.24, 2.45) is 0 Å². The highest BCUT2D eigenvalue weighted by Crippen LogP contribution is 2.39. The lowest BCUT2D eigenvalue weighted by Crippen LogP contribution is -2.52. The Balaban J connectivity index is 2.09. The number of ether oxygens (including phenoxy) is 2. The van der Waals surface area contributed by atoms with E-state index in [9.17, 15) is 0 Å². The minimum atomic E-state index is -0.0977. The average Bonchev–Trinajstić information content (AvgIpc) is 3.07. The van der Waals surface area contributed by atoms with Gasteiger partial charge in [-0.25, -0.2) is 0 Å². The monoisotopic (exact) mass is 373 g/mol. The summed E-state index contributed by atoms with van der Waals surface area (Å²) in [5.74, 6) is 1.63. The fourth-order valence-corrected chi connectivity index (χ4v) is 3.88. The molecule has 0 bridgehead atoms. The van der Waals surface area contributed by atoms with Crippen molar-refractivity contribution in [1.29, 1.82) is 0 Å². The van der Waals surface area contributed by atoms with Crippen LogP contribution in [-0.4, -0.2) is 40.9 Å². The van der Waals surface area contributed by atoms with Crippen molar-refractivity contribution < 1.29 is 9.47 Å². The molecule has 1 aliphatic heterocycles. The number of rotatable bonds is 3. The number of benzene rings is 1. The molecule has 2 aromatic rings. The highest BCUT2D eigenvalue weighted by Gasteiger charge is 2.33. The number of thiocarbonyl (C=S) groups is 1. The molecule has 1 aromatic heterocycles. The van der Waals surface area contributed by atoms with Crippen molar-refractivity contribution in [3.63, 3.8) is 0 Å². The Hall–Kier alpha value is -2.21. The maximum Gasteiger partial charge on any atom is 0.170 e. The largest absolute Gasteiger partial charge is 0.497 e. The second kappa shape index (κ2) is 7.19. The molecular weight excluding hydrogens is 346 g/mol. The molecule has 1 atom stereocenters. The van der Waals surface area contributed by atoms with Crippen molar-refractivity contribution in [2.75, 3.05) is 20.8 Å². The van der Waals surface area contributed by atoms with Gasteiger partial charge in [-0.1, -0.05) is 0 Å². The van der Waals surface area contributed by atoms with Crippen LogP contribution in [0.2, 0.25) is 0 Å². The molecule has 0 unspecified atom stereocenters. The molecule has 26 heavy (non-hydrogen) atoms. The average molecular weight is 374 g/mol. The summed E-state index contributed by atoms with van der Waals surface area (Å²) in [6, 6.07) is 10.1. The zero-order chi connectivity index (χ0) is 18.9. The van der Waals surface area contributed by atoms with Gasteiger partial charge in [0.15, 0.2) is 5.11 Å². The Bertz CT molecular complexity index is 795. The molecule has 1 N–H and O–H groups in total. The topological polar surface area (TPSA) is 38.7 Å². The normalized spacial score (nSPS) is 16.8. The Morgan fingerprint density at radius 1 is 1.15 bits per heavy atom. The van der Waals surface area contributed by atoms with Gasteiger partial charge in [-0.2, -0.15) is 0 Å². The van der Waals surface area contributed by atoms with Crippen molar-refractivity contribution in [3.8, 4) is 11.5 Å². The summed E-state index contributed by atoms with van der Waals surface area (Å²) >= 11 is 5.78. The highest BCUT2D eigenvalue weighted by atomic mass is 32.1. The highest BCUT2D eigenvalue weighted by molar-refractivity contribution is 7.80. The molecule has 0 saturated carbocycles. The quantitative estimate of drug-likeness (QED) is 0.833. The number of nitrogens with one attached hydrogen (secondary N) is 1. The van der Waals surface area contributed by atoms with E-state index in [1.54, 1.807) is 14.2 Å². The van der Waals surface area contributed by atoms with Crippen LogP contribution in [0.1, 0.15) is 38.1 Å². The number of hydrogen-bond acceptors (Lipinski definition) is 3. The molecular formula is C20H27N3O2S. The summed E-state index contributed by atoms with van der Waals surface area (Å²) in [7, 11) is 3.38. The molecule has 0 amide bonds.